The zero-order valence-electron chi connectivity index (χ0n) is 15.5. The Morgan fingerprint density at radius 1 is 1.10 bits per heavy atom. The molecule has 2 saturated carbocycles. The van der Waals surface area contributed by atoms with Crippen molar-refractivity contribution in [2.24, 2.45) is 29.1 Å². The van der Waals surface area contributed by atoms with Crippen LogP contribution in [-0.4, -0.2) is 12.1 Å². The van der Waals surface area contributed by atoms with E-state index in [2.05, 4.69) is 46.9 Å². The molecule has 1 heteroatoms. The summed E-state index contributed by atoms with van der Waals surface area (Å²) in [6.45, 7) is 15.6. The van der Waals surface area contributed by atoms with Crippen molar-refractivity contribution in [2.75, 3.05) is 6.54 Å². The Morgan fingerprint density at radius 3 is 2.43 bits per heavy atom. The van der Waals surface area contributed by atoms with E-state index in [-0.39, 0.29) is 5.54 Å². The molecule has 0 aromatic rings. The van der Waals surface area contributed by atoms with Crippen LogP contribution < -0.4 is 5.32 Å². The van der Waals surface area contributed by atoms with Gasteiger partial charge in [0.15, 0.2) is 0 Å². The van der Waals surface area contributed by atoms with E-state index in [0.29, 0.717) is 5.41 Å². The van der Waals surface area contributed by atoms with Crippen molar-refractivity contribution in [3.63, 3.8) is 0 Å². The van der Waals surface area contributed by atoms with Crippen LogP contribution in [0.1, 0.15) is 86.5 Å². The summed E-state index contributed by atoms with van der Waals surface area (Å²) in [6.07, 6.45) is 10.2. The smallest absolute Gasteiger partial charge is 0.00966 e. The molecule has 0 aliphatic heterocycles. The first-order chi connectivity index (χ1) is 9.66. The van der Waals surface area contributed by atoms with Gasteiger partial charge in [-0.25, -0.2) is 0 Å². The van der Waals surface area contributed by atoms with Crippen molar-refractivity contribution >= 4 is 0 Å². The predicted octanol–water partition coefficient (Wildman–Crippen LogP) is 5.64. The molecule has 1 N–H and O–H groups in total. The molecule has 0 aromatic carbocycles. The first-order valence-electron chi connectivity index (χ1n) is 9.41. The normalized spacial score (nSPS) is 37.4. The summed E-state index contributed by atoms with van der Waals surface area (Å²) in [6, 6.07) is 0. The van der Waals surface area contributed by atoms with Crippen molar-refractivity contribution < 1.29 is 0 Å². The summed E-state index contributed by atoms with van der Waals surface area (Å²) >= 11 is 0. The Kier molecular flexibility index (Phi) is 5.45. The largest absolute Gasteiger partial charge is 0.312 e. The number of hydrogen-bond donors (Lipinski definition) is 1. The van der Waals surface area contributed by atoms with Crippen LogP contribution in [0, 0.1) is 29.1 Å². The Morgan fingerprint density at radius 2 is 1.81 bits per heavy atom. The van der Waals surface area contributed by atoms with Gasteiger partial charge in [0.05, 0.1) is 0 Å². The van der Waals surface area contributed by atoms with E-state index in [4.69, 9.17) is 0 Å². The van der Waals surface area contributed by atoms with E-state index in [9.17, 15) is 0 Å². The average molecular weight is 294 g/mol. The lowest BCUT2D eigenvalue weighted by molar-refractivity contribution is 0.0459. The van der Waals surface area contributed by atoms with E-state index < -0.39 is 0 Å². The van der Waals surface area contributed by atoms with Gasteiger partial charge in [-0.15, -0.1) is 0 Å². The summed E-state index contributed by atoms with van der Waals surface area (Å²) < 4.78 is 0. The quantitative estimate of drug-likeness (QED) is 0.709. The van der Waals surface area contributed by atoms with Crippen LogP contribution in [0.25, 0.3) is 0 Å². The molecule has 0 aromatic heterocycles. The maximum atomic E-state index is 3.80. The van der Waals surface area contributed by atoms with E-state index >= 15 is 0 Å². The third-order valence-corrected chi connectivity index (χ3v) is 6.06. The molecule has 2 fully saturated rings. The second kappa shape index (κ2) is 6.60. The molecular formula is C20H39N. The summed E-state index contributed by atoms with van der Waals surface area (Å²) in [5, 5.41) is 3.80. The second-order valence-corrected chi connectivity index (χ2v) is 9.99. The van der Waals surface area contributed by atoms with Crippen LogP contribution in [0.3, 0.4) is 0 Å². The number of hydrogen-bond acceptors (Lipinski definition) is 1. The van der Waals surface area contributed by atoms with Gasteiger partial charge in [-0.3, -0.25) is 0 Å². The van der Waals surface area contributed by atoms with E-state index in [1.165, 1.54) is 51.5 Å². The molecule has 124 valence electrons. The molecule has 0 saturated heterocycles. The van der Waals surface area contributed by atoms with Crippen LogP contribution in [-0.2, 0) is 0 Å². The average Bonchev–Trinajstić information content (AvgIpc) is 2.35. The molecule has 2 aliphatic carbocycles. The standard InChI is InChI=1S/C20H39N/c1-15-8-7-9-16(12-15)18-13-20(5,6)11-10-17(18)14-21-19(2,3)4/h15-18,21H,7-14H2,1-6H3. The number of rotatable bonds is 3. The Balaban J connectivity index is 2.02. The Labute approximate surface area is 133 Å². The van der Waals surface area contributed by atoms with Crippen molar-refractivity contribution in [1.82, 2.24) is 5.32 Å². The van der Waals surface area contributed by atoms with E-state index in [0.717, 1.165) is 23.7 Å². The highest BCUT2D eigenvalue weighted by Crippen LogP contribution is 2.48. The molecule has 1 nitrogen and oxygen atoms in total. The highest BCUT2D eigenvalue weighted by molar-refractivity contribution is 4.91. The fourth-order valence-corrected chi connectivity index (χ4v) is 4.81. The molecule has 0 amide bonds. The lowest BCUT2D eigenvalue weighted by Crippen LogP contribution is -2.45. The van der Waals surface area contributed by atoms with Gasteiger partial charge in [0, 0.05) is 5.54 Å². The van der Waals surface area contributed by atoms with Crippen molar-refractivity contribution in [2.45, 2.75) is 92.0 Å². The van der Waals surface area contributed by atoms with E-state index in [1.54, 1.807) is 0 Å². The lowest BCUT2D eigenvalue weighted by Gasteiger charge is -2.47. The maximum Gasteiger partial charge on any atom is 0.00966 e. The molecule has 4 unspecified atom stereocenters. The second-order valence-electron chi connectivity index (χ2n) is 9.99. The predicted molar refractivity (Wildman–Crippen MR) is 93.5 cm³/mol. The van der Waals surface area contributed by atoms with Crippen molar-refractivity contribution in [3.8, 4) is 0 Å². The fourth-order valence-electron chi connectivity index (χ4n) is 4.81. The summed E-state index contributed by atoms with van der Waals surface area (Å²) in [5.41, 5.74) is 0.834. The fraction of sp³-hybridized carbons (Fsp3) is 1.00. The summed E-state index contributed by atoms with van der Waals surface area (Å²) in [5.74, 6) is 3.84. The summed E-state index contributed by atoms with van der Waals surface area (Å²) in [4.78, 5) is 0. The molecule has 0 bridgehead atoms. The lowest BCUT2D eigenvalue weighted by atomic mass is 9.60. The Bertz CT molecular complexity index is 325. The van der Waals surface area contributed by atoms with Gasteiger partial charge >= 0.3 is 0 Å². The minimum absolute atomic E-state index is 0.261. The van der Waals surface area contributed by atoms with Gasteiger partial charge in [0.1, 0.15) is 0 Å². The third-order valence-electron chi connectivity index (χ3n) is 6.06. The maximum absolute atomic E-state index is 3.80. The highest BCUT2D eigenvalue weighted by Gasteiger charge is 2.40. The molecule has 2 aliphatic rings. The minimum atomic E-state index is 0.261. The third kappa shape index (κ3) is 5.27. The first kappa shape index (κ1) is 17.3. The van der Waals surface area contributed by atoms with Gasteiger partial charge in [-0.1, -0.05) is 40.0 Å². The van der Waals surface area contributed by atoms with Crippen molar-refractivity contribution in [1.29, 1.82) is 0 Å². The molecule has 4 atom stereocenters. The molecule has 0 heterocycles. The van der Waals surface area contributed by atoms with Crippen LogP contribution in [0.4, 0.5) is 0 Å². The topological polar surface area (TPSA) is 12.0 Å². The van der Waals surface area contributed by atoms with Crippen LogP contribution in [0.2, 0.25) is 0 Å². The van der Waals surface area contributed by atoms with Gasteiger partial charge in [0.2, 0.25) is 0 Å². The van der Waals surface area contributed by atoms with Crippen LogP contribution in [0.5, 0.6) is 0 Å². The highest BCUT2D eigenvalue weighted by atomic mass is 14.9. The van der Waals surface area contributed by atoms with Gasteiger partial charge in [0.25, 0.3) is 0 Å². The zero-order chi connectivity index (χ0) is 15.7. The molecular weight excluding hydrogens is 254 g/mol. The Hall–Kier alpha value is -0.0400. The SMILES string of the molecule is CC1CCCC(C2CC(C)(C)CCC2CNC(C)(C)C)C1. The van der Waals surface area contributed by atoms with Crippen LogP contribution in [0.15, 0.2) is 0 Å². The number of nitrogens with one attached hydrogen (secondary N) is 1. The first-order valence-corrected chi connectivity index (χ1v) is 9.41. The van der Waals surface area contributed by atoms with Gasteiger partial charge in [-0.2, -0.15) is 0 Å². The summed E-state index contributed by atoms with van der Waals surface area (Å²) in [7, 11) is 0. The minimum Gasteiger partial charge on any atom is -0.312 e. The molecule has 21 heavy (non-hydrogen) atoms. The molecule has 0 spiro atoms. The monoisotopic (exact) mass is 293 g/mol. The zero-order valence-corrected chi connectivity index (χ0v) is 15.5. The van der Waals surface area contributed by atoms with Crippen molar-refractivity contribution in [3.05, 3.63) is 0 Å². The van der Waals surface area contributed by atoms with Gasteiger partial charge < -0.3 is 5.32 Å². The molecule has 2 rings (SSSR count). The molecule has 0 radical (unpaired) electrons. The van der Waals surface area contributed by atoms with E-state index in [1.807, 2.05) is 0 Å². The van der Waals surface area contributed by atoms with Gasteiger partial charge in [-0.05, 0) is 82.1 Å². The van der Waals surface area contributed by atoms with Crippen LogP contribution >= 0.6 is 0 Å².